The largest absolute Gasteiger partial charge is 0.542 e. The van der Waals surface area contributed by atoms with E-state index in [1.54, 1.807) is 5.56 Å². The zero-order chi connectivity index (χ0) is 32.1. The van der Waals surface area contributed by atoms with Crippen LogP contribution in [0.15, 0.2) is 46.9 Å². The lowest BCUT2D eigenvalue weighted by molar-refractivity contribution is -0.00662. The van der Waals surface area contributed by atoms with Crippen molar-refractivity contribution in [2.24, 2.45) is 17.8 Å². The Kier molecular flexibility index (Phi) is 9.95. The second kappa shape index (κ2) is 12.8. The highest BCUT2D eigenvalue weighted by molar-refractivity contribution is 9.10. The Labute approximate surface area is 280 Å². The third-order valence-corrected chi connectivity index (χ3v) is 16.9. The van der Waals surface area contributed by atoms with Gasteiger partial charge in [0.25, 0.3) is 9.04 Å². The summed E-state index contributed by atoms with van der Waals surface area (Å²) < 4.78 is 14.9. The lowest BCUT2D eigenvalue weighted by atomic mass is 9.47. The molecule has 2 aromatic rings. The van der Waals surface area contributed by atoms with E-state index >= 15 is 0 Å². The van der Waals surface area contributed by atoms with Crippen LogP contribution >= 0.6 is 15.9 Å². The molecule has 0 atom stereocenters. The van der Waals surface area contributed by atoms with Gasteiger partial charge in [0.15, 0.2) is 8.32 Å². The van der Waals surface area contributed by atoms with Gasteiger partial charge >= 0.3 is 0 Å². The predicted octanol–water partition coefficient (Wildman–Crippen LogP) is 11.9. The summed E-state index contributed by atoms with van der Waals surface area (Å²) in [5, 5.41) is 0.184. The summed E-state index contributed by atoms with van der Waals surface area (Å²) in [4.78, 5) is 0. The van der Waals surface area contributed by atoms with Gasteiger partial charge in [-0.25, -0.2) is 0 Å². The Hall–Kier alpha value is -1.15. The van der Waals surface area contributed by atoms with Crippen molar-refractivity contribution < 1.29 is 8.85 Å². The first-order chi connectivity index (χ1) is 20.5. The molecule has 0 unspecified atom stereocenters. The first-order valence-corrected chi connectivity index (χ1v) is 23.3. The summed E-state index contributed by atoms with van der Waals surface area (Å²) >= 11 is 3.71. The molecule has 5 heteroatoms. The summed E-state index contributed by atoms with van der Waals surface area (Å²) in [5.74, 6) is 4.01. The number of halogens is 1. The number of rotatable bonds is 10. The molecule has 0 heterocycles. The molecule has 4 bridgehead atoms. The average molecular weight is 695 g/mol. The van der Waals surface area contributed by atoms with Crippen LogP contribution in [0.1, 0.15) is 109 Å². The van der Waals surface area contributed by atoms with Crippen molar-refractivity contribution in [3.05, 3.63) is 69.2 Å². The molecular formula is C39H58BrO2Si2. The number of aryl methyl sites for hydroxylation is 1. The minimum absolute atomic E-state index is 0.0958. The van der Waals surface area contributed by atoms with Crippen molar-refractivity contribution in [1.29, 1.82) is 0 Å². The molecule has 0 spiro atoms. The molecule has 2 aromatic carbocycles. The molecule has 0 saturated heterocycles. The molecule has 2 nitrogen and oxygen atoms in total. The molecule has 4 fully saturated rings. The van der Waals surface area contributed by atoms with E-state index in [1.165, 1.54) is 66.5 Å². The van der Waals surface area contributed by atoms with Crippen LogP contribution in [0, 0.1) is 17.8 Å². The Balaban J connectivity index is 1.51. The van der Waals surface area contributed by atoms with Gasteiger partial charge < -0.3 is 8.85 Å². The number of allylic oxidation sites excluding steroid dienone is 1. The molecule has 4 saturated carbocycles. The number of hydrogen-bond acceptors (Lipinski definition) is 2. The smallest absolute Gasteiger partial charge is 0.274 e. The van der Waals surface area contributed by atoms with Crippen LogP contribution in [0.3, 0.4) is 0 Å². The van der Waals surface area contributed by atoms with Gasteiger partial charge in [-0.3, -0.25) is 0 Å². The summed E-state index contributed by atoms with van der Waals surface area (Å²) in [6.07, 6.45) is 12.9. The normalized spacial score (nSPS) is 25.6. The van der Waals surface area contributed by atoms with Crippen molar-refractivity contribution >= 4 is 38.9 Å². The van der Waals surface area contributed by atoms with Gasteiger partial charge in [0.2, 0.25) is 0 Å². The van der Waals surface area contributed by atoms with Crippen molar-refractivity contribution in [1.82, 2.24) is 0 Å². The van der Waals surface area contributed by atoms with Crippen LogP contribution in [0.2, 0.25) is 31.2 Å². The van der Waals surface area contributed by atoms with Gasteiger partial charge in [-0.05, 0) is 140 Å². The summed E-state index contributed by atoms with van der Waals surface area (Å²) in [6.45, 7) is 24.2. The Morgan fingerprint density at radius 2 is 1.57 bits per heavy atom. The van der Waals surface area contributed by atoms with E-state index in [-0.39, 0.29) is 10.5 Å². The minimum atomic E-state index is -1.88. The van der Waals surface area contributed by atoms with Gasteiger partial charge in [0.05, 0.1) is 6.61 Å². The minimum Gasteiger partial charge on any atom is -0.542 e. The van der Waals surface area contributed by atoms with E-state index in [2.05, 4.69) is 126 Å². The van der Waals surface area contributed by atoms with Crippen molar-refractivity contribution in [3.8, 4) is 5.75 Å². The maximum atomic E-state index is 7.05. The number of hydrogen-bond donors (Lipinski definition) is 0. The van der Waals surface area contributed by atoms with E-state index in [1.807, 2.05) is 0 Å². The van der Waals surface area contributed by atoms with Gasteiger partial charge in [0, 0.05) is 15.5 Å². The molecule has 0 aromatic heterocycles. The molecule has 241 valence electrons. The monoisotopic (exact) mass is 693 g/mol. The van der Waals surface area contributed by atoms with E-state index in [9.17, 15) is 0 Å². The molecule has 44 heavy (non-hydrogen) atoms. The van der Waals surface area contributed by atoms with Crippen LogP contribution < -0.4 is 4.43 Å². The SMILES string of the molecule is C[Si](C)Oc1c(CCC=C(CO[Si](C)(C)C(C)(C)C)c2cccc(Br)c2)ccc(C(C)(C)C)c1C12CC3CC(CC(C3)C1)C2. The van der Waals surface area contributed by atoms with E-state index < -0.39 is 17.4 Å². The predicted molar refractivity (Wildman–Crippen MR) is 197 cm³/mol. The van der Waals surface area contributed by atoms with Crippen LogP contribution in [-0.4, -0.2) is 24.0 Å². The van der Waals surface area contributed by atoms with Crippen molar-refractivity contribution in [2.45, 2.75) is 135 Å². The maximum Gasteiger partial charge on any atom is 0.274 e. The Morgan fingerprint density at radius 1 is 0.955 bits per heavy atom. The van der Waals surface area contributed by atoms with E-state index in [4.69, 9.17) is 8.85 Å². The summed E-state index contributed by atoms with van der Waals surface area (Å²) in [6, 6.07) is 13.6. The average Bonchev–Trinajstić information content (AvgIpc) is 2.88. The van der Waals surface area contributed by atoms with Crippen LogP contribution in [0.5, 0.6) is 5.75 Å². The van der Waals surface area contributed by atoms with Crippen LogP contribution in [-0.2, 0) is 21.7 Å². The standard InChI is InChI=1S/C39H58BrO2Si2/c1-37(2,3)34-18-17-30(36(42-43(7)8)35(34)39-23-27-19-28(24-39)21-29(20-27)25-39)13-11-15-32(31-14-12-16-33(40)22-31)26-41-44(9,10)38(4,5)6/h12,14-18,22,27-29H,11,13,19-21,23-26H2,1-10H3. The van der Waals surface area contributed by atoms with Gasteiger partial charge in [-0.1, -0.05) is 87.8 Å². The van der Waals surface area contributed by atoms with Gasteiger partial charge in [-0.2, -0.15) is 0 Å². The van der Waals surface area contributed by atoms with Crippen molar-refractivity contribution in [3.63, 3.8) is 0 Å². The van der Waals surface area contributed by atoms with E-state index in [0.29, 0.717) is 12.0 Å². The molecule has 4 aliphatic carbocycles. The van der Waals surface area contributed by atoms with Crippen LogP contribution in [0.4, 0.5) is 0 Å². The fourth-order valence-electron chi connectivity index (χ4n) is 8.54. The highest BCUT2D eigenvalue weighted by Gasteiger charge is 2.54. The van der Waals surface area contributed by atoms with Gasteiger partial charge in [0.1, 0.15) is 5.75 Å². The quantitative estimate of drug-likeness (QED) is 0.231. The summed E-state index contributed by atoms with van der Waals surface area (Å²) in [5.41, 5.74) is 7.50. The molecule has 0 N–H and O–H groups in total. The lowest BCUT2D eigenvalue weighted by Crippen LogP contribution is -2.49. The van der Waals surface area contributed by atoms with Crippen LogP contribution in [0.25, 0.3) is 5.57 Å². The zero-order valence-electron chi connectivity index (χ0n) is 29.3. The highest BCUT2D eigenvalue weighted by Crippen LogP contribution is 2.63. The molecular weight excluding hydrogens is 637 g/mol. The lowest BCUT2D eigenvalue weighted by Gasteiger charge is -2.58. The second-order valence-corrected chi connectivity index (χ2v) is 25.0. The molecule has 4 aliphatic rings. The van der Waals surface area contributed by atoms with E-state index in [0.717, 1.165) is 35.1 Å². The Morgan fingerprint density at radius 3 is 2.09 bits per heavy atom. The first kappa shape index (κ1) is 34.2. The highest BCUT2D eigenvalue weighted by atomic mass is 79.9. The molecule has 0 amide bonds. The third kappa shape index (κ3) is 7.37. The molecule has 0 aliphatic heterocycles. The molecule has 6 rings (SSSR count). The topological polar surface area (TPSA) is 18.5 Å². The summed E-state index contributed by atoms with van der Waals surface area (Å²) in [7, 11) is -2.80. The zero-order valence-corrected chi connectivity index (χ0v) is 32.9. The molecule has 1 radical (unpaired) electrons. The van der Waals surface area contributed by atoms with Gasteiger partial charge in [-0.15, -0.1) is 0 Å². The third-order valence-electron chi connectivity index (χ3n) is 11.3. The first-order valence-electron chi connectivity index (χ1n) is 17.2. The number of benzene rings is 2. The second-order valence-electron chi connectivity index (χ2n) is 17.3. The fraction of sp³-hybridized carbons (Fsp3) is 0.641. The van der Waals surface area contributed by atoms with Crippen molar-refractivity contribution in [2.75, 3.05) is 6.61 Å². The Bertz CT molecular complexity index is 1330. The fourth-order valence-corrected chi connectivity index (χ4v) is 10.5. The maximum absolute atomic E-state index is 7.05.